The van der Waals surface area contributed by atoms with Crippen molar-refractivity contribution in [1.82, 2.24) is 10.3 Å². The zero-order valence-corrected chi connectivity index (χ0v) is 12.6. The Bertz CT molecular complexity index is 539. The number of hydrogen-bond acceptors (Lipinski definition) is 4. The highest BCUT2D eigenvalue weighted by Crippen LogP contribution is 2.22. The van der Waals surface area contributed by atoms with E-state index in [0.717, 1.165) is 44.7 Å². The fraction of sp³-hybridized carbons (Fsp3) is 0.438. The van der Waals surface area contributed by atoms with Crippen LogP contribution in [-0.4, -0.2) is 18.1 Å². The highest BCUT2D eigenvalue weighted by atomic mass is 32.1. The molecule has 0 atom stereocenters. The molecule has 3 rings (SSSR count). The summed E-state index contributed by atoms with van der Waals surface area (Å²) in [4.78, 5) is 6.15. The summed E-state index contributed by atoms with van der Waals surface area (Å²) in [5.41, 5.74) is 2.57. The van der Waals surface area contributed by atoms with Crippen molar-refractivity contribution >= 4 is 11.3 Å². The van der Waals surface area contributed by atoms with Crippen molar-refractivity contribution in [3.05, 3.63) is 45.4 Å². The third kappa shape index (κ3) is 3.38. The van der Waals surface area contributed by atoms with E-state index in [9.17, 15) is 0 Å². The zero-order chi connectivity index (χ0) is 13.8. The van der Waals surface area contributed by atoms with Gasteiger partial charge in [-0.2, -0.15) is 0 Å². The number of aryl methyl sites for hydroxylation is 2. The van der Waals surface area contributed by atoms with Gasteiger partial charge in [0.2, 0.25) is 0 Å². The van der Waals surface area contributed by atoms with Crippen LogP contribution in [0, 0.1) is 6.92 Å². The number of aromatic nitrogens is 1. The molecular formula is C16H20N2OS. The number of ether oxygens (including phenoxy) is 1. The predicted molar refractivity (Wildman–Crippen MR) is 82.5 cm³/mol. The van der Waals surface area contributed by atoms with E-state index in [-0.39, 0.29) is 0 Å². The molecule has 106 valence electrons. The third-order valence-corrected chi connectivity index (χ3v) is 4.63. The number of rotatable bonds is 5. The van der Waals surface area contributed by atoms with Gasteiger partial charge in [-0.25, -0.2) is 4.98 Å². The molecule has 1 aromatic carbocycles. The first-order valence-electron chi connectivity index (χ1n) is 7.19. The minimum absolute atomic E-state index is 0.756. The molecule has 20 heavy (non-hydrogen) atoms. The van der Waals surface area contributed by atoms with Crippen molar-refractivity contribution in [2.45, 2.75) is 32.7 Å². The Kier molecular flexibility index (Phi) is 4.33. The predicted octanol–water partition coefficient (Wildman–Crippen LogP) is 3.11. The Hall–Kier alpha value is -1.39. The van der Waals surface area contributed by atoms with Crippen LogP contribution in [0.1, 0.15) is 27.6 Å². The lowest BCUT2D eigenvalue weighted by molar-refractivity contribution is 0.311. The van der Waals surface area contributed by atoms with Crippen LogP contribution in [0.4, 0.5) is 0 Å². The number of thiazole rings is 1. The maximum absolute atomic E-state index is 5.75. The quantitative estimate of drug-likeness (QED) is 0.858. The van der Waals surface area contributed by atoms with Crippen molar-refractivity contribution in [2.75, 3.05) is 13.2 Å². The Labute approximate surface area is 124 Å². The van der Waals surface area contributed by atoms with E-state index in [1.54, 1.807) is 0 Å². The SMILES string of the molecule is Cc1ccc(OCCCc2nc3c(s2)CNCC3)cc1. The lowest BCUT2D eigenvalue weighted by atomic mass is 10.2. The van der Waals surface area contributed by atoms with Gasteiger partial charge in [-0.3, -0.25) is 0 Å². The summed E-state index contributed by atoms with van der Waals surface area (Å²) in [6.45, 7) is 4.90. The van der Waals surface area contributed by atoms with Gasteiger partial charge in [-0.05, 0) is 25.5 Å². The second-order valence-electron chi connectivity index (χ2n) is 5.17. The number of fused-ring (bicyclic) bond motifs is 1. The molecule has 4 heteroatoms. The van der Waals surface area contributed by atoms with Gasteiger partial charge in [0, 0.05) is 30.8 Å². The summed E-state index contributed by atoms with van der Waals surface area (Å²) in [5, 5.41) is 4.65. The molecule has 0 radical (unpaired) electrons. The molecule has 0 amide bonds. The topological polar surface area (TPSA) is 34.1 Å². The maximum Gasteiger partial charge on any atom is 0.119 e. The summed E-state index contributed by atoms with van der Waals surface area (Å²) >= 11 is 1.85. The van der Waals surface area contributed by atoms with E-state index in [1.807, 2.05) is 23.5 Å². The normalized spacial score (nSPS) is 14.1. The summed E-state index contributed by atoms with van der Waals surface area (Å²) in [6, 6.07) is 8.22. The summed E-state index contributed by atoms with van der Waals surface area (Å²) in [5.74, 6) is 0.957. The van der Waals surface area contributed by atoms with E-state index in [4.69, 9.17) is 9.72 Å². The van der Waals surface area contributed by atoms with Crippen LogP contribution < -0.4 is 10.1 Å². The molecule has 0 unspecified atom stereocenters. The molecule has 1 aliphatic heterocycles. The van der Waals surface area contributed by atoms with Crippen molar-refractivity contribution in [3.8, 4) is 5.75 Å². The number of hydrogen-bond donors (Lipinski definition) is 1. The second-order valence-corrected chi connectivity index (χ2v) is 6.34. The highest BCUT2D eigenvalue weighted by Gasteiger charge is 2.14. The Balaban J connectivity index is 1.45. The Morgan fingerprint density at radius 2 is 2.15 bits per heavy atom. The van der Waals surface area contributed by atoms with E-state index in [2.05, 4.69) is 24.4 Å². The van der Waals surface area contributed by atoms with Gasteiger partial charge in [-0.15, -0.1) is 11.3 Å². The minimum Gasteiger partial charge on any atom is -0.494 e. The molecule has 0 aliphatic carbocycles. The van der Waals surface area contributed by atoms with Crippen LogP contribution in [0.5, 0.6) is 5.75 Å². The summed E-state index contributed by atoms with van der Waals surface area (Å²) < 4.78 is 5.75. The summed E-state index contributed by atoms with van der Waals surface area (Å²) in [6.07, 6.45) is 3.11. The van der Waals surface area contributed by atoms with Crippen molar-refractivity contribution in [1.29, 1.82) is 0 Å². The van der Waals surface area contributed by atoms with Gasteiger partial charge in [0.15, 0.2) is 0 Å². The van der Waals surface area contributed by atoms with Crippen molar-refractivity contribution in [2.24, 2.45) is 0 Å². The fourth-order valence-electron chi connectivity index (χ4n) is 2.33. The number of benzene rings is 1. The van der Waals surface area contributed by atoms with Crippen LogP contribution in [-0.2, 0) is 19.4 Å². The number of nitrogens with one attached hydrogen (secondary N) is 1. The fourth-order valence-corrected chi connectivity index (χ4v) is 3.46. The third-order valence-electron chi connectivity index (χ3n) is 3.47. The van der Waals surface area contributed by atoms with E-state index < -0.39 is 0 Å². The highest BCUT2D eigenvalue weighted by molar-refractivity contribution is 7.11. The van der Waals surface area contributed by atoms with E-state index >= 15 is 0 Å². The monoisotopic (exact) mass is 288 g/mol. The van der Waals surface area contributed by atoms with E-state index in [0.29, 0.717) is 0 Å². The first kappa shape index (κ1) is 13.6. The molecular weight excluding hydrogens is 268 g/mol. The van der Waals surface area contributed by atoms with Gasteiger partial charge < -0.3 is 10.1 Å². The van der Waals surface area contributed by atoms with Crippen LogP contribution in [0.25, 0.3) is 0 Å². The molecule has 0 saturated heterocycles. The van der Waals surface area contributed by atoms with Crippen LogP contribution in [0.15, 0.2) is 24.3 Å². The summed E-state index contributed by atoms with van der Waals surface area (Å²) in [7, 11) is 0. The number of nitrogens with zero attached hydrogens (tertiary/aromatic N) is 1. The minimum atomic E-state index is 0.756. The molecule has 2 aromatic rings. The lowest BCUT2D eigenvalue weighted by Crippen LogP contribution is -2.22. The molecule has 0 bridgehead atoms. The Morgan fingerprint density at radius 3 is 2.95 bits per heavy atom. The molecule has 1 aromatic heterocycles. The van der Waals surface area contributed by atoms with Gasteiger partial charge in [-0.1, -0.05) is 17.7 Å². The van der Waals surface area contributed by atoms with Crippen LogP contribution in [0.3, 0.4) is 0 Å². The van der Waals surface area contributed by atoms with E-state index in [1.165, 1.54) is 21.1 Å². The van der Waals surface area contributed by atoms with Crippen LogP contribution in [0.2, 0.25) is 0 Å². The average Bonchev–Trinajstić information content (AvgIpc) is 2.88. The largest absolute Gasteiger partial charge is 0.494 e. The van der Waals surface area contributed by atoms with Crippen molar-refractivity contribution in [3.63, 3.8) is 0 Å². The first-order valence-corrected chi connectivity index (χ1v) is 8.00. The Morgan fingerprint density at radius 1 is 1.30 bits per heavy atom. The first-order chi connectivity index (χ1) is 9.81. The van der Waals surface area contributed by atoms with Gasteiger partial charge in [0.05, 0.1) is 17.3 Å². The molecule has 0 saturated carbocycles. The molecule has 1 aliphatic rings. The van der Waals surface area contributed by atoms with Crippen LogP contribution >= 0.6 is 11.3 Å². The van der Waals surface area contributed by atoms with Crippen molar-refractivity contribution < 1.29 is 4.74 Å². The molecule has 0 spiro atoms. The van der Waals surface area contributed by atoms with Gasteiger partial charge >= 0.3 is 0 Å². The smallest absolute Gasteiger partial charge is 0.119 e. The second kappa shape index (κ2) is 6.37. The molecule has 1 N–H and O–H groups in total. The molecule has 3 nitrogen and oxygen atoms in total. The average molecular weight is 288 g/mol. The zero-order valence-electron chi connectivity index (χ0n) is 11.8. The lowest BCUT2D eigenvalue weighted by Gasteiger charge is -2.09. The standard InChI is InChI=1S/C16H20N2OS/c1-12-4-6-13(7-5-12)19-10-2-3-16-18-14-8-9-17-11-15(14)20-16/h4-7,17H,2-3,8-11H2,1H3. The van der Waals surface area contributed by atoms with Gasteiger partial charge in [0.1, 0.15) is 5.75 Å². The molecule has 2 heterocycles. The maximum atomic E-state index is 5.75. The molecule has 0 fully saturated rings. The van der Waals surface area contributed by atoms with Gasteiger partial charge in [0.25, 0.3) is 0 Å².